The molecule has 0 aliphatic rings. The molecule has 4 rings (SSSR count). The molecule has 0 atom stereocenters. The molecule has 10 nitrogen and oxygen atoms in total. The number of nitrogens with one attached hydrogen (secondary N) is 1. The van der Waals surface area contributed by atoms with Crippen LogP contribution in [0.25, 0.3) is 22.4 Å². The highest BCUT2D eigenvalue weighted by Crippen LogP contribution is 2.28. The first kappa shape index (κ1) is 27.0. The third-order valence-corrected chi connectivity index (χ3v) is 6.45. The van der Waals surface area contributed by atoms with E-state index in [4.69, 9.17) is 14.7 Å². The van der Waals surface area contributed by atoms with Gasteiger partial charge in [0.1, 0.15) is 17.2 Å². The van der Waals surface area contributed by atoms with E-state index in [9.17, 15) is 4.79 Å². The smallest absolute Gasteiger partial charge is 0.273 e. The monoisotopic (exact) mass is 516 g/mol. The summed E-state index contributed by atoms with van der Waals surface area (Å²) in [6.07, 6.45) is 2.65. The van der Waals surface area contributed by atoms with Crippen LogP contribution >= 0.6 is 0 Å². The number of anilines is 1. The van der Waals surface area contributed by atoms with Gasteiger partial charge in [0, 0.05) is 39.0 Å². The van der Waals surface area contributed by atoms with Gasteiger partial charge in [0.15, 0.2) is 5.82 Å². The van der Waals surface area contributed by atoms with Gasteiger partial charge >= 0.3 is 0 Å². The molecule has 0 fully saturated rings. The number of aromatic nitrogens is 5. The number of hydrogen-bond donors (Lipinski definition) is 1. The Bertz CT molecular complexity index is 1450. The fourth-order valence-corrected chi connectivity index (χ4v) is 4.25. The topological polar surface area (TPSA) is 101 Å². The van der Waals surface area contributed by atoms with E-state index in [1.165, 1.54) is 0 Å². The predicted octanol–water partition coefficient (Wildman–Crippen LogP) is 3.55. The highest BCUT2D eigenvalue weighted by molar-refractivity contribution is 6.04. The largest absolute Gasteiger partial charge is 0.480 e. The first-order chi connectivity index (χ1) is 18.2. The summed E-state index contributed by atoms with van der Waals surface area (Å²) in [6.45, 7) is 6.08. The van der Waals surface area contributed by atoms with Gasteiger partial charge in [-0.15, -0.1) is 0 Å². The van der Waals surface area contributed by atoms with Crippen molar-refractivity contribution in [3.8, 4) is 17.4 Å². The van der Waals surface area contributed by atoms with Gasteiger partial charge in [0.05, 0.1) is 36.7 Å². The Morgan fingerprint density at radius 3 is 2.58 bits per heavy atom. The van der Waals surface area contributed by atoms with Gasteiger partial charge in [-0.3, -0.25) is 4.79 Å². The van der Waals surface area contributed by atoms with Crippen LogP contribution in [0.4, 0.5) is 5.69 Å². The maximum atomic E-state index is 13.7. The number of imidazole rings is 1. The summed E-state index contributed by atoms with van der Waals surface area (Å²) in [5, 5.41) is 4.06. The van der Waals surface area contributed by atoms with Crippen molar-refractivity contribution in [3.05, 3.63) is 59.3 Å². The fourth-order valence-electron chi connectivity index (χ4n) is 4.25. The Kier molecular flexibility index (Phi) is 8.21. The molecule has 200 valence electrons. The minimum absolute atomic E-state index is 0.197. The Balaban J connectivity index is 1.71. The molecule has 4 aromatic rings. The average molecular weight is 517 g/mol. The van der Waals surface area contributed by atoms with Crippen molar-refractivity contribution in [1.82, 2.24) is 34.3 Å². The number of fused-ring (bicyclic) bond motifs is 1. The van der Waals surface area contributed by atoms with Crippen LogP contribution in [0.5, 0.6) is 5.88 Å². The number of carbonyl (C=O) groups excluding carboxylic acids is 1. The maximum Gasteiger partial charge on any atom is 0.273 e. The number of amides is 1. The summed E-state index contributed by atoms with van der Waals surface area (Å²) in [5.74, 6) is 1.59. The third kappa shape index (κ3) is 5.75. The lowest BCUT2D eigenvalue weighted by molar-refractivity contribution is 0.0778. The van der Waals surface area contributed by atoms with Crippen molar-refractivity contribution in [2.24, 2.45) is 7.05 Å². The van der Waals surface area contributed by atoms with E-state index in [2.05, 4.69) is 27.1 Å². The third-order valence-electron chi connectivity index (χ3n) is 6.45. The minimum atomic E-state index is -0.197. The zero-order valence-electron chi connectivity index (χ0n) is 23.2. The van der Waals surface area contributed by atoms with Gasteiger partial charge < -0.3 is 24.4 Å². The van der Waals surface area contributed by atoms with Crippen molar-refractivity contribution in [2.75, 3.05) is 46.7 Å². The number of pyridine rings is 1. The molecule has 10 heteroatoms. The van der Waals surface area contributed by atoms with Crippen molar-refractivity contribution < 1.29 is 9.53 Å². The standard InChI is InChI=1S/C28H36N8O2/c1-8-24-30-16-19(36(24)6)17-35(5)28(37)25-20-15-18(2)9-10-21(20)31-26(33-25)22-11-12-23(27(32-22)38-7)29-13-14-34(3)4/h9-12,15-16,29H,8,13-14,17H2,1-7H3. The highest BCUT2D eigenvalue weighted by atomic mass is 16.5. The lowest BCUT2D eigenvalue weighted by atomic mass is 10.1. The highest BCUT2D eigenvalue weighted by Gasteiger charge is 2.22. The van der Waals surface area contributed by atoms with E-state index < -0.39 is 0 Å². The molecule has 0 spiro atoms. The summed E-state index contributed by atoms with van der Waals surface area (Å²) >= 11 is 0. The molecule has 0 aliphatic heterocycles. The fraction of sp³-hybridized carbons (Fsp3) is 0.393. The van der Waals surface area contributed by atoms with E-state index in [1.54, 1.807) is 19.1 Å². The van der Waals surface area contributed by atoms with Gasteiger partial charge in [-0.25, -0.2) is 19.9 Å². The Labute approximate surface area is 223 Å². The lowest BCUT2D eigenvalue weighted by Crippen LogP contribution is -2.28. The van der Waals surface area contributed by atoms with Gasteiger partial charge in [-0.1, -0.05) is 18.6 Å². The van der Waals surface area contributed by atoms with Crippen LogP contribution in [-0.4, -0.2) is 81.6 Å². The second kappa shape index (κ2) is 11.6. The molecule has 0 bridgehead atoms. The van der Waals surface area contributed by atoms with Crippen LogP contribution in [0.15, 0.2) is 36.5 Å². The minimum Gasteiger partial charge on any atom is -0.480 e. The van der Waals surface area contributed by atoms with Gasteiger partial charge in [0.2, 0.25) is 5.88 Å². The van der Waals surface area contributed by atoms with Crippen LogP contribution in [0, 0.1) is 6.92 Å². The molecular formula is C28H36N8O2. The van der Waals surface area contributed by atoms with Gasteiger partial charge in [0.25, 0.3) is 5.91 Å². The number of carbonyl (C=O) groups is 1. The van der Waals surface area contributed by atoms with Crippen LogP contribution in [0.1, 0.15) is 34.5 Å². The zero-order chi connectivity index (χ0) is 27.4. The van der Waals surface area contributed by atoms with E-state index >= 15 is 0 Å². The Morgan fingerprint density at radius 2 is 1.89 bits per heavy atom. The normalized spacial score (nSPS) is 11.3. The zero-order valence-corrected chi connectivity index (χ0v) is 23.2. The van der Waals surface area contributed by atoms with E-state index in [1.807, 2.05) is 69.2 Å². The summed E-state index contributed by atoms with van der Waals surface area (Å²) in [4.78, 5) is 36.1. The number of rotatable bonds is 10. The van der Waals surface area contributed by atoms with Crippen molar-refractivity contribution in [1.29, 1.82) is 0 Å². The van der Waals surface area contributed by atoms with Crippen molar-refractivity contribution in [3.63, 3.8) is 0 Å². The average Bonchev–Trinajstić information content (AvgIpc) is 3.26. The molecule has 0 aliphatic carbocycles. The molecule has 3 aromatic heterocycles. The molecule has 0 radical (unpaired) electrons. The van der Waals surface area contributed by atoms with E-state index in [-0.39, 0.29) is 5.91 Å². The molecular weight excluding hydrogens is 480 g/mol. The molecule has 0 saturated carbocycles. The van der Waals surface area contributed by atoms with E-state index in [0.29, 0.717) is 40.5 Å². The van der Waals surface area contributed by atoms with Crippen LogP contribution in [-0.2, 0) is 20.0 Å². The summed E-state index contributed by atoms with van der Waals surface area (Å²) in [6, 6.07) is 9.59. The quantitative estimate of drug-likeness (QED) is 0.342. The molecule has 0 unspecified atom stereocenters. The van der Waals surface area contributed by atoms with Gasteiger partial charge in [-0.05, 0) is 45.3 Å². The molecule has 0 saturated heterocycles. The summed E-state index contributed by atoms with van der Waals surface area (Å²) < 4.78 is 7.58. The van der Waals surface area contributed by atoms with Crippen molar-refractivity contribution in [2.45, 2.75) is 26.8 Å². The van der Waals surface area contributed by atoms with Crippen LogP contribution < -0.4 is 10.1 Å². The second-order valence-corrected chi connectivity index (χ2v) is 9.64. The predicted molar refractivity (Wildman–Crippen MR) is 149 cm³/mol. The number of benzene rings is 1. The number of hydrogen-bond acceptors (Lipinski definition) is 8. The Hall–Kier alpha value is -4.05. The molecule has 3 heterocycles. The number of likely N-dealkylation sites (N-methyl/N-ethyl adjacent to an activating group) is 1. The van der Waals surface area contributed by atoms with Gasteiger partial charge in [-0.2, -0.15) is 0 Å². The number of aryl methyl sites for hydroxylation is 2. The first-order valence-corrected chi connectivity index (χ1v) is 12.7. The Morgan fingerprint density at radius 1 is 1.11 bits per heavy atom. The molecule has 1 aromatic carbocycles. The van der Waals surface area contributed by atoms with E-state index in [0.717, 1.165) is 42.3 Å². The summed E-state index contributed by atoms with van der Waals surface area (Å²) in [5.41, 5.74) is 4.31. The maximum absolute atomic E-state index is 13.7. The SMILES string of the molecule is CCc1ncc(CN(C)C(=O)c2nc(-c3ccc(NCCN(C)C)c(OC)n3)nc3ccc(C)cc23)n1C. The number of ether oxygens (including phenoxy) is 1. The molecule has 1 amide bonds. The molecule has 1 N–H and O–H groups in total. The van der Waals surface area contributed by atoms with Crippen LogP contribution in [0.2, 0.25) is 0 Å². The summed E-state index contributed by atoms with van der Waals surface area (Å²) in [7, 11) is 9.38. The lowest BCUT2D eigenvalue weighted by Gasteiger charge is -2.19. The number of nitrogens with zero attached hydrogens (tertiary/aromatic N) is 7. The number of methoxy groups -OCH3 is 1. The van der Waals surface area contributed by atoms with Crippen LogP contribution in [0.3, 0.4) is 0 Å². The first-order valence-electron chi connectivity index (χ1n) is 12.7. The second-order valence-electron chi connectivity index (χ2n) is 9.64. The molecule has 38 heavy (non-hydrogen) atoms. The van der Waals surface area contributed by atoms with Crippen molar-refractivity contribution >= 4 is 22.5 Å².